The fourth-order valence-electron chi connectivity index (χ4n) is 2.02. The number of amides is 1. The summed E-state index contributed by atoms with van der Waals surface area (Å²) in [6.07, 6.45) is 5.05. The monoisotopic (exact) mass is 271 g/mol. The summed E-state index contributed by atoms with van der Waals surface area (Å²) < 4.78 is 3.91. The number of hydrogen-bond acceptors (Lipinski definition) is 5. The van der Waals surface area contributed by atoms with Crippen molar-refractivity contribution in [2.45, 2.75) is 31.4 Å². The summed E-state index contributed by atoms with van der Waals surface area (Å²) in [5.41, 5.74) is 0.870. The van der Waals surface area contributed by atoms with E-state index in [1.54, 1.807) is 0 Å². The SMILES string of the molecule is CCCc1nnsc1C(=O)N1CCC(SC)C1. The Morgan fingerprint density at radius 1 is 1.65 bits per heavy atom. The maximum Gasteiger partial charge on any atom is 0.267 e. The van der Waals surface area contributed by atoms with Gasteiger partial charge in [0.1, 0.15) is 4.88 Å². The molecule has 1 aliphatic heterocycles. The van der Waals surface area contributed by atoms with Crippen molar-refractivity contribution in [3.8, 4) is 0 Å². The summed E-state index contributed by atoms with van der Waals surface area (Å²) in [6.45, 7) is 3.82. The van der Waals surface area contributed by atoms with Crippen LogP contribution in [0.3, 0.4) is 0 Å². The first kappa shape index (κ1) is 12.8. The van der Waals surface area contributed by atoms with Crippen LogP contribution in [-0.2, 0) is 6.42 Å². The molecule has 2 heterocycles. The van der Waals surface area contributed by atoms with Crippen molar-refractivity contribution < 1.29 is 4.79 Å². The molecule has 6 heteroatoms. The molecule has 0 spiro atoms. The van der Waals surface area contributed by atoms with Crippen molar-refractivity contribution in [2.75, 3.05) is 19.3 Å². The van der Waals surface area contributed by atoms with Crippen LogP contribution in [0.5, 0.6) is 0 Å². The third kappa shape index (κ3) is 2.80. The predicted octanol–water partition coefficient (Wildman–Crippen LogP) is 2.07. The van der Waals surface area contributed by atoms with Gasteiger partial charge in [-0.1, -0.05) is 17.8 Å². The highest BCUT2D eigenvalue weighted by atomic mass is 32.2. The number of thioether (sulfide) groups is 1. The molecular formula is C11H17N3OS2. The van der Waals surface area contributed by atoms with Gasteiger partial charge < -0.3 is 4.90 Å². The van der Waals surface area contributed by atoms with Gasteiger partial charge in [-0.3, -0.25) is 4.79 Å². The first-order chi connectivity index (χ1) is 8.26. The van der Waals surface area contributed by atoms with Gasteiger partial charge in [0.25, 0.3) is 5.91 Å². The number of hydrogen-bond donors (Lipinski definition) is 0. The van der Waals surface area contributed by atoms with E-state index < -0.39 is 0 Å². The number of aromatic nitrogens is 2. The van der Waals surface area contributed by atoms with Crippen molar-refractivity contribution in [3.63, 3.8) is 0 Å². The summed E-state index contributed by atoms with van der Waals surface area (Å²) in [5, 5.41) is 4.65. The van der Waals surface area contributed by atoms with E-state index >= 15 is 0 Å². The first-order valence-electron chi connectivity index (χ1n) is 5.89. The van der Waals surface area contributed by atoms with Crippen LogP contribution in [0.2, 0.25) is 0 Å². The maximum absolute atomic E-state index is 12.3. The Morgan fingerprint density at radius 2 is 2.47 bits per heavy atom. The summed E-state index contributed by atoms with van der Waals surface area (Å²) >= 11 is 3.08. The van der Waals surface area contributed by atoms with Crippen LogP contribution in [-0.4, -0.2) is 45.0 Å². The Labute approximate surface area is 110 Å². The third-order valence-electron chi connectivity index (χ3n) is 3.00. The maximum atomic E-state index is 12.3. The molecule has 0 aromatic carbocycles. The standard InChI is InChI=1S/C11H17N3OS2/c1-3-4-9-10(17-13-12-9)11(15)14-6-5-8(7-14)16-2/h8H,3-7H2,1-2H3. The molecule has 1 fully saturated rings. The lowest BCUT2D eigenvalue weighted by atomic mass is 10.2. The van der Waals surface area contributed by atoms with Crippen LogP contribution in [0.4, 0.5) is 0 Å². The molecular weight excluding hydrogens is 254 g/mol. The number of carbonyl (C=O) groups excluding carboxylic acids is 1. The average Bonchev–Trinajstić information content (AvgIpc) is 2.97. The summed E-state index contributed by atoms with van der Waals surface area (Å²) in [4.78, 5) is 15.0. The predicted molar refractivity (Wildman–Crippen MR) is 71.7 cm³/mol. The van der Waals surface area contributed by atoms with E-state index in [4.69, 9.17) is 0 Å². The second-order valence-electron chi connectivity index (χ2n) is 4.20. The second-order valence-corrected chi connectivity index (χ2v) is 6.09. The molecule has 1 aromatic rings. The first-order valence-corrected chi connectivity index (χ1v) is 7.95. The topological polar surface area (TPSA) is 46.1 Å². The van der Waals surface area contributed by atoms with Gasteiger partial charge in [-0.25, -0.2) is 0 Å². The van der Waals surface area contributed by atoms with Gasteiger partial charge in [-0.15, -0.1) is 5.10 Å². The molecule has 17 heavy (non-hydrogen) atoms. The van der Waals surface area contributed by atoms with E-state index in [0.29, 0.717) is 5.25 Å². The van der Waals surface area contributed by atoms with Crippen LogP contribution in [0.1, 0.15) is 35.1 Å². The fraction of sp³-hybridized carbons (Fsp3) is 0.727. The van der Waals surface area contributed by atoms with Crippen LogP contribution in [0, 0.1) is 0 Å². The summed E-state index contributed by atoms with van der Waals surface area (Å²) in [7, 11) is 0. The second kappa shape index (κ2) is 5.82. The van der Waals surface area contributed by atoms with Crippen molar-refractivity contribution in [1.29, 1.82) is 0 Å². The highest BCUT2D eigenvalue weighted by molar-refractivity contribution is 7.99. The van der Waals surface area contributed by atoms with E-state index in [0.717, 1.165) is 42.9 Å². The van der Waals surface area contributed by atoms with Gasteiger partial charge in [-0.05, 0) is 30.6 Å². The molecule has 1 amide bonds. The normalized spacial score (nSPS) is 19.9. The minimum Gasteiger partial charge on any atom is -0.337 e. The lowest BCUT2D eigenvalue weighted by Gasteiger charge is -2.15. The molecule has 1 atom stereocenters. The molecule has 4 nitrogen and oxygen atoms in total. The molecule has 2 rings (SSSR count). The lowest BCUT2D eigenvalue weighted by molar-refractivity contribution is 0.0797. The number of rotatable bonds is 4. The van der Waals surface area contributed by atoms with E-state index in [1.807, 2.05) is 16.7 Å². The van der Waals surface area contributed by atoms with Gasteiger partial charge in [-0.2, -0.15) is 11.8 Å². The number of nitrogens with zero attached hydrogens (tertiary/aromatic N) is 3. The Hall–Kier alpha value is -0.620. The van der Waals surface area contributed by atoms with Gasteiger partial charge in [0.15, 0.2) is 0 Å². The summed E-state index contributed by atoms with van der Waals surface area (Å²) in [5.74, 6) is 0.125. The van der Waals surface area contributed by atoms with E-state index in [2.05, 4.69) is 22.8 Å². The van der Waals surface area contributed by atoms with E-state index in [9.17, 15) is 4.79 Å². The smallest absolute Gasteiger partial charge is 0.267 e. The van der Waals surface area contributed by atoms with E-state index in [1.165, 1.54) is 11.5 Å². The zero-order valence-electron chi connectivity index (χ0n) is 10.2. The largest absolute Gasteiger partial charge is 0.337 e. The minimum atomic E-state index is 0.125. The summed E-state index contributed by atoms with van der Waals surface area (Å²) in [6, 6.07) is 0. The van der Waals surface area contributed by atoms with Gasteiger partial charge in [0.2, 0.25) is 0 Å². The van der Waals surface area contributed by atoms with Crippen molar-refractivity contribution in [1.82, 2.24) is 14.5 Å². The lowest BCUT2D eigenvalue weighted by Crippen LogP contribution is -2.29. The highest BCUT2D eigenvalue weighted by Gasteiger charge is 2.28. The average molecular weight is 271 g/mol. The molecule has 0 radical (unpaired) electrons. The Morgan fingerprint density at radius 3 is 3.12 bits per heavy atom. The Kier molecular flexibility index (Phi) is 4.39. The number of aryl methyl sites for hydroxylation is 1. The molecule has 1 aromatic heterocycles. The van der Waals surface area contributed by atoms with Crippen LogP contribution < -0.4 is 0 Å². The zero-order chi connectivity index (χ0) is 12.3. The van der Waals surface area contributed by atoms with Gasteiger partial charge >= 0.3 is 0 Å². The zero-order valence-corrected chi connectivity index (χ0v) is 11.8. The Bertz CT molecular complexity index is 394. The third-order valence-corrected chi connectivity index (χ3v) is 4.81. The number of likely N-dealkylation sites (tertiary alicyclic amines) is 1. The fourth-order valence-corrected chi connectivity index (χ4v) is 3.37. The van der Waals surface area contributed by atoms with Crippen molar-refractivity contribution in [2.24, 2.45) is 0 Å². The van der Waals surface area contributed by atoms with Gasteiger partial charge in [0, 0.05) is 18.3 Å². The minimum absolute atomic E-state index is 0.125. The molecule has 0 saturated carbocycles. The van der Waals surface area contributed by atoms with Crippen LogP contribution in [0.25, 0.3) is 0 Å². The molecule has 1 unspecified atom stereocenters. The molecule has 1 aliphatic rings. The highest BCUT2D eigenvalue weighted by Crippen LogP contribution is 2.23. The van der Waals surface area contributed by atoms with Crippen LogP contribution >= 0.6 is 23.3 Å². The quantitative estimate of drug-likeness (QED) is 0.841. The molecule has 0 N–H and O–H groups in total. The van der Waals surface area contributed by atoms with Gasteiger partial charge in [0.05, 0.1) is 5.69 Å². The van der Waals surface area contributed by atoms with Crippen molar-refractivity contribution >= 4 is 29.2 Å². The Balaban J connectivity index is 2.06. The number of carbonyl (C=O) groups is 1. The van der Waals surface area contributed by atoms with Crippen LogP contribution in [0.15, 0.2) is 0 Å². The van der Waals surface area contributed by atoms with E-state index in [-0.39, 0.29) is 5.91 Å². The molecule has 1 saturated heterocycles. The molecule has 0 bridgehead atoms. The molecule has 0 aliphatic carbocycles. The van der Waals surface area contributed by atoms with Crippen molar-refractivity contribution in [3.05, 3.63) is 10.6 Å². The molecule has 94 valence electrons.